The average Bonchev–Trinajstić information content (AvgIpc) is 2.54. The van der Waals surface area contributed by atoms with Crippen molar-refractivity contribution < 1.29 is 18.3 Å². The van der Waals surface area contributed by atoms with E-state index in [1.807, 2.05) is 0 Å². The molecule has 0 aliphatic carbocycles. The topological polar surface area (TPSA) is 38.3 Å². The molecule has 2 rings (SSSR count). The summed E-state index contributed by atoms with van der Waals surface area (Å²) in [6.07, 6.45) is 1.46. The molecular weight excluding hydrogens is 368 g/mol. The zero-order valence-corrected chi connectivity index (χ0v) is 13.9. The van der Waals surface area contributed by atoms with E-state index in [4.69, 9.17) is 4.74 Å². The molecule has 0 spiro atoms. The van der Waals surface area contributed by atoms with Gasteiger partial charge in [0.2, 0.25) is 0 Å². The smallest absolute Gasteiger partial charge is 0.252 e. The Kier molecular flexibility index (Phi) is 6.52. The molecule has 122 valence electrons. The fraction of sp³-hybridized carbons (Fsp3) is 0.235. The molecule has 0 aliphatic rings. The van der Waals surface area contributed by atoms with Crippen LogP contribution in [0.4, 0.5) is 8.78 Å². The minimum atomic E-state index is -0.453. The van der Waals surface area contributed by atoms with Crippen molar-refractivity contribution in [2.45, 2.75) is 12.8 Å². The van der Waals surface area contributed by atoms with Gasteiger partial charge >= 0.3 is 0 Å². The highest BCUT2D eigenvalue weighted by Crippen LogP contribution is 2.17. The summed E-state index contributed by atoms with van der Waals surface area (Å²) >= 11 is 3.22. The fourth-order valence-corrected chi connectivity index (χ4v) is 2.34. The second-order valence-corrected chi connectivity index (χ2v) is 5.74. The number of carbonyl (C=O) groups is 1. The van der Waals surface area contributed by atoms with E-state index in [1.54, 1.807) is 12.1 Å². The Morgan fingerprint density at radius 2 is 1.74 bits per heavy atom. The van der Waals surface area contributed by atoms with Crippen LogP contribution < -0.4 is 10.1 Å². The number of unbranched alkanes of at least 4 members (excludes halogenated alkanes) is 1. The van der Waals surface area contributed by atoms with E-state index in [9.17, 15) is 13.6 Å². The van der Waals surface area contributed by atoms with Gasteiger partial charge in [0, 0.05) is 11.0 Å². The summed E-state index contributed by atoms with van der Waals surface area (Å²) in [6.45, 7) is 0.944. The molecule has 2 aromatic rings. The number of carbonyl (C=O) groups excluding carboxylic acids is 1. The molecule has 0 saturated heterocycles. The van der Waals surface area contributed by atoms with E-state index in [1.165, 1.54) is 30.3 Å². The van der Waals surface area contributed by atoms with Crippen molar-refractivity contribution in [3.8, 4) is 5.75 Å². The maximum atomic E-state index is 13.1. The van der Waals surface area contributed by atoms with Crippen molar-refractivity contribution >= 4 is 21.8 Å². The lowest BCUT2D eigenvalue weighted by atomic mass is 10.2. The van der Waals surface area contributed by atoms with Gasteiger partial charge in [0.25, 0.3) is 5.91 Å². The first-order valence-electron chi connectivity index (χ1n) is 7.18. The highest BCUT2D eigenvalue weighted by molar-refractivity contribution is 9.10. The average molecular weight is 384 g/mol. The molecule has 0 fully saturated rings. The SMILES string of the molecule is O=C(NCCCCOc1ccc(F)cc1)c1cc(F)ccc1Br. The third kappa shape index (κ3) is 5.63. The van der Waals surface area contributed by atoms with Crippen molar-refractivity contribution in [1.82, 2.24) is 5.32 Å². The lowest BCUT2D eigenvalue weighted by molar-refractivity contribution is 0.0951. The molecule has 0 unspecified atom stereocenters. The maximum absolute atomic E-state index is 13.1. The van der Waals surface area contributed by atoms with Crippen LogP contribution >= 0.6 is 15.9 Å². The Morgan fingerprint density at radius 3 is 2.48 bits per heavy atom. The predicted molar refractivity (Wildman–Crippen MR) is 87.6 cm³/mol. The van der Waals surface area contributed by atoms with E-state index in [-0.39, 0.29) is 17.3 Å². The summed E-state index contributed by atoms with van der Waals surface area (Å²) in [6, 6.07) is 9.79. The second kappa shape index (κ2) is 8.62. The second-order valence-electron chi connectivity index (χ2n) is 4.89. The molecule has 1 amide bonds. The van der Waals surface area contributed by atoms with Gasteiger partial charge in [-0.25, -0.2) is 8.78 Å². The highest BCUT2D eigenvalue weighted by atomic mass is 79.9. The summed E-state index contributed by atoms with van der Waals surface area (Å²) in [4.78, 5) is 11.9. The first-order valence-corrected chi connectivity index (χ1v) is 7.97. The number of hydrogen-bond acceptors (Lipinski definition) is 2. The summed E-state index contributed by atoms with van der Waals surface area (Å²) in [7, 11) is 0. The number of hydrogen-bond donors (Lipinski definition) is 1. The number of amides is 1. The minimum absolute atomic E-state index is 0.271. The predicted octanol–water partition coefficient (Wildman–Crippen LogP) is 4.32. The zero-order chi connectivity index (χ0) is 16.7. The fourth-order valence-electron chi connectivity index (χ4n) is 1.92. The van der Waals surface area contributed by atoms with Gasteiger partial charge in [-0.3, -0.25) is 4.79 Å². The van der Waals surface area contributed by atoms with Gasteiger partial charge in [-0.2, -0.15) is 0 Å². The van der Waals surface area contributed by atoms with Crippen LogP contribution in [0.3, 0.4) is 0 Å². The molecular formula is C17H16BrF2NO2. The molecule has 0 saturated carbocycles. The lowest BCUT2D eigenvalue weighted by Gasteiger charge is -2.08. The van der Waals surface area contributed by atoms with Crippen LogP contribution in [0.15, 0.2) is 46.9 Å². The molecule has 2 aromatic carbocycles. The van der Waals surface area contributed by atoms with Gasteiger partial charge in [-0.05, 0) is 71.2 Å². The van der Waals surface area contributed by atoms with Gasteiger partial charge in [0.05, 0.1) is 12.2 Å². The summed E-state index contributed by atoms with van der Waals surface area (Å²) in [5.41, 5.74) is 0.271. The van der Waals surface area contributed by atoms with Gasteiger partial charge in [-0.15, -0.1) is 0 Å². The Morgan fingerprint density at radius 1 is 1.04 bits per heavy atom. The number of rotatable bonds is 7. The van der Waals surface area contributed by atoms with Crippen molar-refractivity contribution in [2.75, 3.05) is 13.2 Å². The van der Waals surface area contributed by atoms with Crippen LogP contribution in [0.5, 0.6) is 5.75 Å². The van der Waals surface area contributed by atoms with Crippen LogP contribution in [-0.2, 0) is 0 Å². The van der Waals surface area contributed by atoms with Gasteiger partial charge in [0.1, 0.15) is 17.4 Å². The highest BCUT2D eigenvalue weighted by Gasteiger charge is 2.10. The Hall–Kier alpha value is -1.95. The molecule has 3 nitrogen and oxygen atoms in total. The van der Waals surface area contributed by atoms with E-state index in [0.29, 0.717) is 23.4 Å². The third-order valence-electron chi connectivity index (χ3n) is 3.11. The Bertz CT molecular complexity index is 662. The zero-order valence-electron chi connectivity index (χ0n) is 12.3. The normalized spacial score (nSPS) is 10.4. The summed E-state index contributed by atoms with van der Waals surface area (Å²) in [5.74, 6) is -0.468. The first-order chi connectivity index (χ1) is 11.1. The Labute approximate surface area is 141 Å². The van der Waals surface area contributed by atoms with E-state index < -0.39 is 5.82 Å². The Balaban J connectivity index is 1.66. The van der Waals surface area contributed by atoms with Crippen molar-refractivity contribution in [3.63, 3.8) is 0 Å². The standard InChI is InChI=1S/C17H16BrF2NO2/c18-16-8-5-13(20)11-15(16)17(22)21-9-1-2-10-23-14-6-3-12(19)4-7-14/h3-8,11H,1-2,9-10H2,(H,21,22). The largest absolute Gasteiger partial charge is 0.494 e. The number of halogens is 3. The number of nitrogens with one attached hydrogen (secondary N) is 1. The first kappa shape index (κ1) is 17.4. The number of benzene rings is 2. The van der Waals surface area contributed by atoms with Crippen LogP contribution in [0.1, 0.15) is 23.2 Å². The summed E-state index contributed by atoms with van der Waals surface area (Å²) < 4.78 is 31.9. The van der Waals surface area contributed by atoms with E-state index in [0.717, 1.165) is 12.8 Å². The molecule has 0 aliphatic heterocycles. The molecule has 0 bridgehead atoms. The monoisotopic (exact) mass is 383 g/mol. The van der Waals surface area contributed by atoms with Gasteiger partial charge < -0.3 is 10.1 Å². The summed E-state index contributed by atoms with van der Waals surface area (Å²) in [5, 5.41) is 2.73. The van der Waals surface area contributed by atoms with Crippen molar-refractivity contribution in [3.05, 3.63) is 64.1 Å². The van der Waals surface area contributed by atoms with Crippen LogP contribution in [-0.4, -0.2) is 19.1 Å². The number of ether oxygens (including phenoxy) is 1. The lowest BCUT2D eigenvalue weighted by Crippen LogP contribution is -2.25. The molecule has 0 aromatic heterocycles. The van der Waals surface area contributed by atoms with Crippen molar-refractivity contribution in [2.24, 2.45) is 0 Å². The van der Waals surface area contributed by atoms with E-state index >= 15 is 0 Å². The van der Waals surface area contributed by atoms with Crippen LogP contribution in [0, 0.1) is 11.6 Å². The molecule has 1 N–H and O–H groups in total. The van der Waals surface area contributed by atoms with Gasteiger partial charge in [0.15, 0.2) is 0 Å². The van der Waals surface area contributed by atoms with Crippen molar-refractivity contribution in [1.29, 1.82) is 0 Å². The molecule has 0 heterocycles. The van der Waals surface area contributed by atoms with Crippen LogP contribution in [0.25, 0.3) is 0 Å². The van der Waals surface area contributed by atoms with Crippen LogP contribution in [0.2, 0.25) is 0 Å². The maximum Gasteiger partial charge on any atom is 0.252 e. The molecule has 0 radical (unpaired) electrons. The quantitative estimate of drug-likeness (QED) is 0.723. The molecule has 0 atom stereocenters. The van der Waals surface area contributed by atoms with Gasteiger partial charge in [-0.1, -0.05) is 0 Å². The molecule has 6 heteroatoms. The molecule has 23 heavy (non-hydrogen) atoms. The third-order valence-corrected chi connectivity index (χ3v) is 3.80. The van der Waals surface area contributed by atoms with E-state index in [2.05, 4.69) is 21.2 Å². The minimum Gasteiger partial charge on any atom is -0.494 e.